The van der Waals surface area contributed by atoms with Gasteiger partial charge in [0.2, 0.25) is 0 Å². The second-order valence-electron chi connectivity index (χ2n) is 8.96. The summed E-state index contributed by atoms with van der Waals surface area (Å²) in [5.41, 5.74) is 2.21. The van der Waals surface area contributed by atoms with Crippen molar-refractivity contribution in [2.75, 3.05) is 34.3 Å². The van der Waals surface area contributed by atoms with Crippen LogP contribution < -0.4 is 10.6 Å². The Balaban J connectivity index is 1.33. The van der Waals surface area contributed by atoms with Crippen LogP contribution in [0.4, 0.5) is 0 Å². The van der Waals surface area contributed by atoms with E-state index in [1.54, 1.807) is 19.0 Å². The lowest BCUT2D eigenvalue weighted by Gasteiger charge is -2.57. The number of hydrogen-bond donors (Lipinski definition) is 2. The molecule has 6 heteroatoms. The van der Waals surface area contributed by atoms with Gasteiger partial charge in [0, 0.05) is 57.2 Å². The minimum absolute atomic E-state index is 0.0393. The average molecular weight is 399 g/mol. The van der Waals surface area contributed by atoms with E-state index in [9.17, 15) is 4.79 Å². The minimum atomic E-state index is 0.0393. The molecule has 3 aliphatic rings. The highest BCUT2D eigenvalue weighted by atomic mass is 16.5. The molecule has 1 aromatic carbocycles. The van der Waals surface area contributed by atoms with E-state index < -0.39 is 0 Å². The van der Waals surface area contributed by atoms with Crippen molar-refractivity contribution in [3.05, 3.63) is 35.4 Å². The maximum absolute atomic E-state index is 12.2. The SMILES string of the molecule is CN=C(NCCc1cccc(C(=O)N(C)C)c1)NC1C2CCOC2C12CCCC2. The van der Waals surface area contributed by atoms with Gasteiger partial charge in [0.25, 0.3) is 5.91 Å². The van der Waals surface area contributed by atoms with Gasteiger partial charge in [-0.3, -0.25) is 9.79 Å². The molecule has 3 atom stereocenters. The van der Waals surface area contributed by atoms with Gasteiger partial charge in [0.15, 0.2) is 5.96 Å². The van der Waals surface area contributed by atoms with E-state index in [0.717, 1.165) is 43.1 Å². The maximum atomic E-state index is 12.2. The van der Waals surface area contributed by atoms with E-state index in [0.29, 0.717) is 23.5 Å². The van der Waals surface area contributed by atoms with Crippen LogP contribution in [0.1, 0.15) is 48.0 Å². The Bertz CT molecular complexity index is 770. The fraction of sp³-hybridized carbons (Fsp3) is 0.652. The lowest BCUT2D eigenvalue weighted by Crippen LogP contribution is -2.69. The molecule has 0 aromatic heterocycles. The summed E-state index contributed by atoms with van der Waals surface area (Å²) in [5.74, 6) is 1.55. The molecule has 1 amide bonds. The molecule has 2 aliphatic carbocycles. The Hall–Kier alpha value is -2.08. The van der Waals surface area contributed by atoms with E-state index >= 15 is 0 Å². The number of carbonyl (C=O) groups is 1. The summed E-state index contributed by atoms with van der Waals surface area (Å²) in [6.07, 6.45) is 7.65. The number of nitrogens with zero attached hydrogens (tertiary/aromatic N) is 2. The highest BCUT2D eigenvalue weighted by molar-refractivity contribution is 5.94. The lowest BCUT2D eigenvalue weighted by atomic mass is 9.54. The number of fused-ring (bicyclic) bond motifs is 2. The predicted octanol–water partition coefficient (Wildman–Crippen LogP) is 2.44. The van der Waals surface area contributed by atoms with Crippen LogP contribution in [0.15, 0.2) is 29.3 Å². The molecule has 3 unspecified atom stereocenters. The number of nitrogens with one attached hydrogen (secondary N) is 2. The zero-order valence-electron chi connectivity index (χ0n) is 17.9. The van der Waals surface area contributed by atoms with Crippen molar-refractivity contribution in [3.8, 4) is 0 Å². The van der Waals surface area contributed by atoms with Crippen molar-refractivity contribution in [2.45, 2.75) is 50.7 Å². The number of carbonyl (C=O) groups excluding carboxylic acids is 1. The molecule has 1 aromatic rings. The van der Waals surface area contributed by atoms with Gasteiger partial charge in [-0.05, 0) is 43.4 Å². The first-order chi connectivity index (χ1) is 14.0. The van der Waals surface area contributed by atoms with Gasteiger partial charge >= 0.3 is 0 Å². The summed E-state index contributed by atoms with van der Waals surface area (Å²) >= 11 is 0. The topological polar surface area (TPSA) is 66.0 Å². The second-order valence-corrected chi connectivity index (χ2v) is 8.96. The van der Waals surface area contributed by atoms with Crippen LogP contribution in [0.2, 0.25) is 0 Å². The predicted molar refractivity (Wildman–Crippen MR) is 115 cm³/mol. The number of benzene rings is 1. The molecule has 1 aliphatic heterocycles. The number of rotatable bonds is 5. The van der Waals surface area contributed by atoms with Crippen LogP contribution in [0.5, 0.6) is 0 Å². The third kappa shape index (κ3) is 3.75. The monoisotopic (exact) mass is 398 g/mol. The van der Waals surface area contributed by atoms with Gasteiger partial charge in [-0.1, -0.05) is 25.0 Å². The summed E-state index contributed by atoms with van der Waals surface area (Å²) in [7, 11) is 5.40. The Morgan fingerprint density at radius 3 is 2.83 bits per heavy atom. The van der Waals surface area contributed by atoms with Crippen molar-refractivity contribution in [1.29, 1.82) is 0 Å². The van der Waals surface area contributed by atoms with Crippen LogP contribution in [-0.4, -0.2) is 63.2 Å². The smallest absolute Gasteiger partial charge is 0.253 e. The number of aliphatic imine (C=N–C) groups is 1. The van der Waals surface area contributed by atoms with E-state index in [-0.39, 0.29) is 5.91 Å². The highest BCUT2D eigenvalue weighted by Gasteiger charge is 2.65. The summed E-state index contributed by atoms with van der Waals surface area (Å²) < 4.78 is 6.09. The molecule has 2 N–H and O–H groups in total. The zero-order valence-corrected chi connectivity index (χ0v) is 17.9. The normalized spacial score (nSPS) is 27.4. The fourth-order valence-corrected chi connectivity index (χ4v) is 5.69. The maximum Gasteiger partial charge on any atom is 0.253 e. The molecule has 3 fully saturated rings. The number of ether oxygens (including phenoxy) is 1. The summed E-state index contributed by atoms with van der Waals surface area (Å²) in [6, 6.07) is 8.36. The first-order valence-electron chi connectivity index (χ1n) is 10.9. The molecule has 4 rings (SSSR count). The van der Waals surface area contributed by atoms with Gasteiger partial charge in [-0.2, -0.15) is 0 Å². The molecular formula is C23H34N4O2. The van der Waals surface area contributed by atoms with Gasteiger partial charge in [-0.25, -0.2) is 0 Å². The quantitative estimate of drug-likeness (QED) is 0.591. The molecule has 6 nitrogen and oxygen atoms in total. The van der Waals surface area contributed by atoms with E-state index in [4.69, 9.17) is 4.74 Å². The third-order valence-electron chi connectivity index (χ3n) is 7.09. The Labute approximate surface area is 174 Å². The van der Waals surface area contributed by atoms with Gasteiger partial charge in [0.05, 0.1) is 6.10 Å². The largest absolute Gasteiger partial charge is 0.377 e. The van der Waals surface area contributed by atoms with Gasteiger partial charge < -0.3 is 20.3 Å². The summed E-state index contributed by atoms with van der Waals surface area (Å²) in [5, 5.41) is 7.21. The fourth-order valence-electron chi connectivity index (χ4n) is 5.69. The van der Waals surface area contributed by atoms with E-state index in [1.165, 1.54) is 25.7 Å². The molecule has 2 saturated carbocycles. The number of amides is 1. The van der Waals surface area contributed by atoms with Crippen LogP contribution in [0.25, 0.3) is 0 Å². The van der Waals surface area contributed by atoms with Gasteiger partial charge in [-0.15, -0.1) is 0 Å². The highest BCUT2D eigenvalue weighted by Crippen LogP contribution is 2.60. The first-order valence-corrected chi connectivity index (χ1v) is 10.9. The first kappa shape index (κ1) is 20.2. The van der Waals surface area contributed by atoms with Crippen molar-refractivity contribution in [1.82, 2.24) is 15.5 Å². The van der Waals surface area contributed by atoms with Crippen molar-refractivity contribution in [2.24, 2.45) is 16.3 Å². The molecule has 1 saturated heterocycles. The molecule has 0 radical (unpaired) electrons. The van der Waals surface area contributed by atoms with Crippen molar-refractivity contribution < 1.29 is 9.53 Å². The molecule has 158 valence electrons. The van der Waals surface area contributed by atoms with Gasteiger partial charge in [0.1, 0.15) is 0 Å². The number of hydrogen-bond acceptors (Lipinski definition) is 3. The molecular weight excluding hydrogens is 364 g/mol. The van der Waals surface area contributed by atoms with Crippen LogP contribution >= 0.6 is 0 Å². The van der Waals surface area contributed by atoms with Crippen LogP contribution in [0, 0.1) is 11.3 Å². The second kappa shape index (κ2) is 8.34. The molecule has 29 heavy (non-hydrogen) atoms. The lowest BCUT2D eigenvalue weighted by molar-refractivity contribution is -0.125. The van der Waals surface area contributed by atoms with Crippen molar-refractivity contribution >= 4 is 11.9 Å². The summed E-state index contributed by atoms with van der Waals surface area (Å²) in [6.45, 7) is 1.69. The molecule has 0 bridgehead atoms. The van der Waals surface area contributed by atoms with Crippen LogP contribution in [0.3, 0.4) is 0 Å². The summed E-state index contributed by atoms with van der Waals surface area (Å²) in [4.78, 5) is 18.3. The van der Waals surface area contributed by atoms with Crippen molar-refractivity contribution in [3.63, 3.8) is 0 Å². The third-order valence-corrected chi connectivity index (χ3v) is 7.09. The standard InChI is InChI=1S/C23H34N4O2/c1-24-22(25-13-9-16-7-6-8-17(15-16)21(28)27(2)3)26-19-18-10-14-29-20(18)23(19)11-4-5-12-23/h6-8,15,18-20H,4-5,9-14H2,1-3H3,(H2,24,25,26). The minimum Gasteiger partial charge on any atom is -0.377 e. The zero-order chi connectivity index (χ0) is 20.4. The number of guanidine groups is 1. The average Bonchev–Trinajstić information content (AvgIpc) is 3.39. The Kier molecular flexibility index (Phi) is 5.81. The Morgan fingerprint density at radius 1 is 1.31 bits per heavy atom. The van der Waals surface area contributed by atoms with Crippen LogP contribution in [-0.2, 0) is 11.2 Å². The molecule has 1 spiro atoms. The molecule has 1 heterocycles. The Morgan fingerprint density at radius 2 is 2.10 bits per heavy atom. The van der Waals surface area contributed by atoms with E-state index in [2.05, 4.69) is 21.7 Å². The van der Waals surface area contributed by atoms with E-state index in [1.807, 2.05) is 25.2 Å².